The van der Waals surface area contributed by atoms with Crippen molar-refractivity contribution in [3.05, 3.63) is 78.0 Å². The maximum absolute atomic E-state index is 12.4. The third-order valence-electron chi connectivity index (χ3n) is 4.35. The van der Waals surface area contributed by atoms with Crippen molar-refractivity contribution in [2.45, 2.75) is 25.5 Å². The number of nitrogens with zero attached hydrogens (tertiary/aromatic N) is 1. The number of carbonyl (C=O) groups is 1. The van der Waals surface area contributed by atoms with E-state index in [1.54, 1.807) is 6.20 Å². The van der Waals surface area contributed by atoms with Gasteiger partial charge in [-0.25, -0.2) is 0 Å². The Morgan fingerprint density at radius 1 is 1.12 bits per heavy atom. The zero-order valence-corrected chi connectivity index (χ0v) is 14.2. The summed E-state index contributed by atoms with van der Waals surface area (Å²) in [7, 11) is 0. The van der Waals surface area contributed by atoms with E-state index >= 15 is 0 Å². The predicted molar refractivity (Wildman–Crippen MR) is 99.6 cm³/mol. The highest BCUT2D eigenvalue weighted by molar-refractivity contribution is 5.98. The Balaban J connectivity index is 1.54. The molecule has 0 saturated heterocycles. The SMILES string of the molecule is CC(NCCC(=O)c1cnc2ccccc2c1)C(O)c1ccccc1. The summed E-state index contributed by atoms with van der Waals surface area (Å²) in [6.07, 6.45) is 1.40. The molecule has 2 atom stereocenters. The van der Waals surface area contributed by atoms with E-state index in [-0.39, 0.29) is 11.8 Å². The van der Waals surface area contributed by atoms with Crippen molar-refractivity contribution in [3.63, 3.8) is 0 Å². The van der Waals surface area contributed by atoms with Crippen LogP contribution >= 0.6 is 0 Å². The zero-order valence-electron chi connectivity index (χ0n) is 14.2. The molecule has 2 unspecified atom stereocenters. The lowest BCUT2D eigenvalue weighted by Gasteiger charge is -2.20. The van der Waals surface area contributed by atoms with Crippen LogP contribution in [0.25, 0.3) is 10.9 Å². The van der Waals surface area contributed by atoms with E-state index in [1.807, 2.05) is 67.6 Å². The number of aliphatic hydroxyl groups excluding tert-OH is 1. The van der Waals surface area contributed by atoms with E-state index < -0.39 is 6.10 Å². The Morgan fingerprint density at radius 2 is 1.84 bits per heavy atom. The first kappa shape index (κ1) is 17.3. The summed E-state index contributed by atoms with van der Waals surface area (Å²) in [4.78, 5) is 16.7. The summed E-state index contributed by atoms with van der Waals surface area (Å²) in [5, 5.41) is 14.5. The molecule has 0 aliphatic heterocycles. The molecule has 2 N–H and O–H groups in total. The van der Waals surface area contributed by atoms with Gasteiger partial charge in [-0.2, -0.15) is 0 Å². The molecule has 2 aromatic carbocycles. The van der Waals surface area contributed by atoms with Crippen LogP contribution in [-0.4, -0.2) is 28.5 Å². The topological polar surface area (TPSA) is 62.2 Å². The molecule has 3 aromatic rings. The summed E-state index contributed by atoms with van der Waals surface area (Å²) < 4.78 is 0. The van der Waals surface area contributed by atoms with Gasteiger partial charge in [0.2, 0.25) is 0 Å². The van der Waals surface area contributed by atoms with Crippen molar-refractivity contribution in [2.75, 3.05) is 6.54 Å². The van der Waals surface area contributed by atoms with Crippen LogP contribution in [0.15, 0.2) is 66.9 Å². The number of ketones is 1. The first-order valence-electron chi connectivity index (χ1n) is 8.49. The predicted octanol–water partition coefficient (Wildman–Crippen LogP) is 3.52. The Bertz CT molecular complexity index is 849. The zero-order chi connectivity index (χ0) is 17.6. The number of para-hydroxylation sites is 1. The molecular formula is C21H22N2O2. The second kappa shape index (κ2) is 8.01. The quantitative estimate of drug-likeness (QED) is 0.649. The van der Waals surface area contributed by atoms with Crippen molar-refractivity contribution in [3.8, 4) is 0 Å². The third-order valence-corrected chi connectivity index (χ3v) is 4.35. The number of aliphatic hydroxyl groups is 1. The molecule has 0 spiro atoms. The van der Waals surface area contributed by atoms with Gasteiger partial charge in [-0.15, -0.1) is 0 Å². The first-order valence-corrected chi connectivity index (χ1v) is 8.49. The smallest absolute Gasteiger partial charge is 0.165 e. The van der Waals surface area contributed by atoms with Crippen molar-refractivity contribution in [2.24, 2.45) is 0 Å². The number of carbonyl (C=O) groups excluding carboxylic acids is 1. The maximum atomic E-state index is 12.4. The molecule has 3 rings (SSSR count). The van der Waals surface area contributed by atoms with E-state index in [4.69, 9.17) is 0 Å². The molecule has 25 heavy (non-hydrogen) atoms. The minimum Gasteiger partial charge on any atom is -0.387 e. The van der Waals surface area contributed by atoms with Gasteiger partial charge in [-0.3, -0.25) is 9.78 Å². The molecule has 0 bridgehead atoms. The number of fused-ring (bicyclic) bond motifs is 1. The van der Waals surface area contributed by atoms with Crippen molar-refractivity contribution in [1.29, 1.82) is 0 Å². The van der Waals surface area contributed by atoms with Gasteiger partial charge >= 0.3 is 0 Å². The highest BCUT2D eigenvalue weighted by Crippen LogP contribution is 2.16. The van der Waals surface area contributed by atoms with E-state index in [1.165, 1.54) is 0 Å². The lowest BCUT2D eigenvalue weighted by atomic mass is 10.0. The van der Waals surface area contributed by atoms with Gasteiger partial charge in [-0.05, 0) is 24.6 Å². The minimum atomic E-state index is -0.598. The van der Waals surface area contributed by atoms with Crippen LogP contribution in [0.3, 0.4) is 0 Å². The fourth-order valence-electron chi connectivity index (χ4n) is 2.83. The van der Waals surface area contributed by atoms with Gasteiger partial charge in [0.1, 0.15) is 0 Å². The lowest BCUT2D eigenvalue weighted by Crippen LogP contribution is -2.33. The molecule has 4 nitrogen and oxygen atoms in total. The van der Waals surface area contributed by atoms with Crippen LogP contribution in [0.5, 0.6) is 0 Å². The van der Waals surface area contributed by atoms with Crippen molar-refractivity contribution in [1.82, 2.24) is 10.3 Å². The van der Waals surface area contributed by atoms with Crippen molar-refractivity contribution < 1.29 is 9.90 Å². The average molecular weight is 334 g/mol. The molecular weight excluding hydrogens is 312 g/mol. The third kappa shape index (κ3) is 4.29. The van der Waals surface area contributed by atoms with E-state index in [9.17, 15) is 9.90 Å². The molecule has 0 amide bonds. The molecule has 0 aliphatic carbocycles. The van der Waals surface area contributed by atoms with Gasteiger partial charge in [0, 0.05) is 36.2 Å². The lowest BCUT2D eigenvalue weighted by molar-refractivity contribution is 0.0972. The highest BCUT2D eigenvalue weighted by Gasteiger charge is 2.16. The number of aromatic nitrogens is 1. The minimum absolute atomic E-state index is 0.0483. The summed E-state index contributed by atoms with van der Waals surface area (Å²) in [5.41, 5.74) is 2.38. The van der Waals surface area contributed by atoms with Crippen LogP contribution < -0.4 is 5.32 Å². The van der Waals surface area contributed by atoms with E-state index in [0.29, 0.717) is 18.5 Å². The van der Waals surface area contributed by atoms with Gasteiger partial charge in [0.15, 0.2) is 5.78 Å². The number of nitrogens with one attached hydrogen (secondary N) is 1. The number of benzene rings is 2. The van der Waals surface area contributed by atoms with Crippen LogP contribution in [0.2, 0.25) is 0 Å². The van der Waals surface area contributed by atoms with Crippen LogP contribution in [0, 0.1) is 0 Å². The van der Waals surface area contributed by atoms with E-state index in [2.05, 4.69) is 10.3 Å². The number of rotatable bonds is 7. The molecule has 0 fully saturated rings. The largest absolute Gasteiger partial charge is 0.387 e. The summed E-state index contributed by atoms with van der Waals surface area (Å²) in [6, 6.07) is 19.0. The Hall–Kier alpha value is -2.56. The number of hydrogen-bond donors (Lipinski definition) is 2. The fourth-order valence-corrected chi connectivity index (χ4v) is 2.83. The van der Waals surface area contributed by atoms with Gasteiger partial charge < -0.3 is 10.4 Å². The number of pyridine rings is 1. The Morgan fingerprint density at radius 3 is 2.64 bits per heavy atom. The standard InChI is InChI=1S/C21H22N2O2/c1-15(21(25)16-7-3-2-4-8-16)22-12-11-20(24)18-13-17-9-5-6-10-19(17)23-14-18/h2-10,13-15,21-22,25H,11-12H2,1H3. The normalized spacial score (nSPS) is 13.5. The first-order chi connectivity index (χ1) is 12.1. The van der Waals surface area contributed by atoms with Crippen LogP contribution in [-0.2, 0) is 0 Å². The molecule has 0 radical (unpaired) electrons. The molecule has 4 heteroatoms. The molecule has 1 aromatic heterocycles. The van der Waals surface area contributed by atoms with Gasteiger partial charge in [-0.1, -0.05) is 48.5 Å². The molecule has 1 heterocycles. The highest BCUT2D eigenvalue weighted by atomic mass is 16.3. The molecule has 128 valence electrons. The number of hydrogen-bond acceptors (Lipinski definition) is 4. The van der Waals surface area contributed by atoms with Gasteiger partial charge in [0.05, 0.1) is 11.6 Å². The van der Waals surface area contributed by atoms with Crippen molar-refractivity contribution >= 4 is 16.7 Å². The van der Waals surface area contributed by atoms with Gasteiger partial charge in [0.25, 0.3) is 0 Å². The number of Topliss-reactive ketones (excluding diaryl/α,β-unsaturated/α-hetero) is 1. The van der Waals surface area contributed by atoms with E-state index in [0.717, 1.165) is 16.5 Å². The second-order valence-corrected chi connectivity index (χ2v) is 6.19. The van der Waals surface area contributed by atoms with Crippen LogP contribution in [0.1, 0.15) is 35.4 Å². The van der Waals surface area contributed by atoms with Crippen LogP contribution in [0.4, 0.5) is 0 Å². The summed E-state index contributed by atoms with van der Waals surface area (Å²) in [5.74, 6) is 0.0483. The summed E-state index contributed by atoms with van der Waals surface area (Å²) >= 11 is 0. The summed E-state index contributed by atoms with van der Waals surface area (Å²) in [6.45, 7) is 2.43. The second-order valence-electron chi connectivity index (χ2n) is 6.19. The molecule has 0 aliphatic rings. The Kier molecular flexibility index (Phi) is 5.53. The monoisotopic (exact) mass is 334 g/mol. The maximum Gasteiger partial charge on any atom is 0.165 e. The Labute approximate surface area is 147 Å². The molecule has 0 saturated carbocycles. The average Bonchev–Trinajstić information content (AvgIpc) is 2.67. The fraction of sp³-hybridized carbons (Fsp3) is 0.238.